The lowest BCUT2D eigenvalue weighted by atomic mass is 9.79. The second-order valence-corrected chi connectivity index (χ2v) is 17.6. The Morgan fingerprint density at radius 2 is 1.62 bits per heavy atom. The lowest BCUT2D eigenvalue weighted by Crippen LogP contribution is -2.62. The Labute approximate surface area is 299 Å². The van der Waals surface area contributed by atoms with Gasteiger partial charge in [0.05, 0.1) is 17.4 Å². The van der Waals surface area contributed by atoms with Gasteiger partial charge in [-0.15, -0.1) is 16.4 Å². The number of hydrogen-bond acceptors (Lipinski definition) is 8. The standard InChI is InChI=1S/C39H44FN7OSSi/c1-6-31-36(45(5)37-43-32(26-49-37)27-17-19-30(40)20-18-27)47-34(42-31)21-22-35(44-47)46-24-23-41-33(25-46)39(48-50-38(2,3)4,28-13-9-7-10-14-28)29-15-11-8-12-16-29/h7-22,26,33,41H,6,23-25,50H2,1-5H3/t33-/m1/s1. The van der Waals surface area contributed by atoms with Crippen LogP contribution in [-0.4, -0.2) is 62.1 Å². The van der Waals surface area contributed by atoms with E-state index in [9.17, 15) is 4.39 Å². The van der Waals surface area contributed by atoms with Crippen LogP contribution in [-0.2, 0) is 16.4 Å². The summed E-state index contributed by atoms with van der Waals surface area (Å²) < 4.78 is 22.8. The van der Waals surface area contributed by atoms with Crippen LogP contribution in [0.3, 0.4) is 0 Å². The number of rotatable bonds is 10. The van der Waals surface area contributed by atoms with Crippen molar-refractivity contribution in [3.8, 4) is 11.3 Å². The zero-order valence-corrected chi connectivity index (χ0v) is 31.5. The van der Waals surface area contributed by atoms with Gasteiger partial charge in [-0.2, -0.15) is 4.52 Å². The number of piperazine rings is 1. The number of imidazole rings is 1. The summed E-state index contributed by atoms with van der Waals surface area (Å²) in [5.41, 5.74) is 5.05. The van der Waals surface area contributed by atoms with Crippen LogP contribution in [0.2, 0.25) is 5.04 Å². The summed E-state index contributed by atoms with van der Waals surface area (Å²) in [5.74, 6) is 1.51. The highest BCUT2D eigenvalue weighted by Crippen LogP contribution is 2.41. The molecule has 3 aromatic heterocycles. The molecule has 7 rings (SSSR count). The second-order valence-electron chi connectivity index (χ2n) is 14.0. The number of nitrogens with zero attached hydrogens (tertiary/aromatic N) is 6. The molecule has 1 aliphatic rings. The average Bonchev–Trinajstić information content (AvgIpc) is 3.78. The van der Waals surface area contributed by atoms with Crippen LogP contribution in [0.25, 0.3) is 16.9 Å². The number of thiazole rings is 1. The van der Waals surface area contributed by atoms with Gasteiger partial charge in [-0.3, -0.25) is 0 Å². The van der Waals surface area contributed by atoms with Crippen molar-refractivity contribution in [1.82, 2.24) is 24.9 Å². The molecule has 6 aromatic rings. The van der Waals surface area contributed by atoms with Crippen molar-refractivity contribution < 1.29 is 8.82 Å². The van der Waals surface area contributed by atoms with Gasteiger partial charge in [-0.05, 0) is 59.0 Å². The Morgan fingerprint density at radius 1 is 0.940 bits per heavy atom. The van der Waals surface area contributed by atoms with Crippen LogP contribution in [0.5, 0.6) is 0 Å². The van der Waals surface area contributed by atoms with Gasteiger partial charge in [-0.25, -0.2) is 14.4 Å². The highest BCUT2D eigenvalue weighted by atomic mass is 32.1. The summed E-state index contributed by atoms with van der Waals surface area (Å²) in [5, 5.41) is 12.1. The molecule has 1 fully saturated rings. The summed E-state index contributed by atoms with van der Waals surface area (Å²) in [6, 6.07) is 31.9. The molecule has 1 aliphatic heterocycles. The van der Waals surface area contributed by atoms with E-state index in [0.29, 0.717) is 6.54 Å². The molecule has 0 amide bonds. The van der Waals surface area contributed by atoms with Crippen molar-refractivity contribution in [1.29, 1.82) is 0 Å². The highest BCUT2D eigenvalue weighted by molar-refractivity contribution is 7.14. The Morgan fingerprint density at radius 3 is 2.26 bits per heavy atom. The molecule has 0 bridgehead atoms. The van der Waals surface area contributed by atoms with Crippen molar-refractivity contribution in [2.45, 2.75) is 50.8 Å². The molecule has 8 nitrogen and oxygen atoms in total. The van der Waals surface area contributed by atoms with E-state index in [1.807, 2.05) is 16.9 Å². The normalized spacial score (nSPS) is 15.7. The molecule has 4 heterocycles. The van der Waals surface area contributed by atoms with Crippen molar-refractivity contribution in [3.05, 3.63) is 125 Å². The minimum Gasteiger partial charge on any atom is -0.408 e. The fourth-order valence-electron chi connectivity index (χ4n) is 6.73. The largest absolute Gasteiger partial charge is 0.408 e. The van der Waals surface area contributed by atoms with Gasteiger partial charge in [0, 0.05) is 37.6 Å². The van der Waals surface area contributed by atoms with Gasteiger partial charge < -0.3 is 19.5 Å². The van der Waals surface area contributed by atoms with Crippen molar-refractivity contribution in [2.24, 2.45) is 0 Å². The molecule has 1 N–H and O–H groups in total. The van der Waals surface area contributed by atoms with Crippen LogP contribution in [0.4, 0.5) is 21.2 Å². The molecule has 0 spiro atoms. The average molecular weight is 706 g/mol. The van der Waals surface area contributed by atoms with Crippen LogP contribution in [0, 0.1) is 5.82 Å². The second kappa shape index (κ2) is 14.1. The number of nitrogens with one attached hydrogen (secondary N) is 1. The summed E-state index contributed by atoms with van der Waals surface area (Å²) in [4.78, 5) is 14.3. The van der Waals surface area contributed by atoms with E-state index in [1.165, 1.54) is 12.1 Å². The summed E-state index contributed by atoms with van der Waals surface area (Å²) >= 11 is 1.54. The van der Waals surface area contributed by atoms with Crippen LogP contribution >= 0.6 is 11.3 Å². The molecule has 0 unspecified atom stereocenters. The Balaban J connectivity index is 1.25. The lowest BCUT2D eigenvalue weighted by molar-refractivity contribution is 0.0621. The molecule has 11 heteroatoms. The van der Waals surface area contributed by atoms with E-state index in [-0.39, 0.29) is 16.9 Å². The maximum Gasteiger partial charge on any atom is 0.191 e. The number of hydrogen-bond donors (Lipinski definition) is 1. The molecule has 1 atom stereocenters. The molecule has 3 aromatic carbocycles. The van der Waals surface area contributed by atoms with E-state index < -0.39 is 15.4 Å². The molecule has 50 heavy (non-hydrogen) atoms. The SMILES string of the molecule is CCc1nc2ccc(N3CCN[C@@H](C(O[SiH2]C(C)(C)C)(c4ccccc4)c4ccccc4)C3)nn2c1N(C)c1nc(-c2ccc(F)cc2)cs1. The Kier molecular flexibility index (Phi) is 9.58. The van der Waals surface area contributed by atoms with E-state index in [4.69, 9.17) is 19.5 Å². The number of aryl methyl sites for hydroxylation is 1. The summed E-state index contributed by atoms with van der Waals surface area (Å²) in [6.07, 6.45) is 0.746. The molecular weight excluding hydrogens is 662 g/mol. The van der Waals surface area contributed by atoms with E-state index >= 15 is 0 Å². The fourth-order valence-corrected chi connectivity index (χ4v) is 8.73. The molecule has 0 radical (unpaired) electrons. The van der Waals surface area contributed by atoms with Gasteiger partial charge in [0.1, 0.15) is 17.2 Å². The third-order valence-corrected chi connectivity index (χ3v) is 11.6. The van der Waals surface area contributed by atoms with Crippen LogP contribution in [0.1, 0.15) is 44.5 Å². The zero-order valence-electron chi connectivity index (χ0n) is 29.3. The maximum atomic E-state index is 13.6. The predicted molar refractivity (Wildman–Crippen MR) is 205 cm³/mol. The first-order valence-electron chi connectivity index (χ1n) is 17.2. The first kappa shape index (κ1) is 34.0. The van der Waals surface area contributed by atoms with Crippen molar-refractivity contribution in [3.63, 3.8) is 0 Å². The number of anilines is 3. The fraction of sp³-hybridized carbons (Fsp3) is 0.308. The molecule has 1 saturated heterocycles. The topological polar surface area (TPSA) is 70.8 Å². The lowest BCUT2D eigenvalue weighted by Gasteiger charge is -2.48. The van der Waals surface area contributed by atoms with Gasteiger partial charge in [0.25, 0.3) is 0 Å². The Hall–Kier alpha value is -4.42. The van der Waals surface area contributed by atoms with Crippen LogP contribution < -0.4 is 15.1 Å². The van der Waals surface area contributed by atoms with E-state index in [2.05, 4.69) is 116 Å². The smallest absolute Gasteiger partial charge is 0.191 e. The highest BCUT2D eigenvalue weighted by Gasteiger charge is 2.45. The van der Waals surface area contributed by atoms with E-state index in [0.717, 1.165) is 70.0 Å². The minimum atomic E-state index is -0.966. The predicted octanol–water partition coefficient (Wildman–Crippen LogP) is 7.36. The number of fused-ring (bicyclic) bond motifs is 1. The molecular formula is C39H44FN7OSSi. The summed E-state index contributed by atoms with van der Waals surface area (Å²) in [6.45, 7) is 11.2. The third-order valence-electron chi connectivity index (χ3n) is 9.21. The first-order valence-corrected chi connectivity index (χ1v) is 19.4. The third kappa shape index (κ3) is 6.70. The quantitative estimate of drug-likeness (QED) is 0.149. The van der Waals surface area contributed by atoms with E-state index in [1.54, 1.807) is 23.5 Å². The minimum absolute atomic E-state index is 0.0373. The molecule has 0 saturated carbocycles. The van der Waals surface area contributed by atoms with Crippen molar-refractivity contribution >= 4 is 43.5 Å². The monoisotopic (exact) mass is 705 g/mol. The summed E-state index contributed by atoms with van der Waals surface area (Å²) in [7, 11) is 1.04. The number of halogens is 1. The van der Waals surface area contributed by atoms with Gasteiger partial charge in [-0.1, -0.05) is 88.4 Å². The first-order chi connectivity index (χ1) is 24.2. The van der Waals surface area contributed by atoms with Crippen LogP contribution in [0.15, 0.2) is 102 Å². The molecule has 258 valence electrons. The number of benzene rings is 3. The van der Waals surface area contributed by atoms with Gasteiger partial charge in [0.15, 0.2) is 26.4 Å². The van der Waals surface area contributed by atoms with Gasteiger partial charge >= 0.3 is 0 Å². The number of aromatic nitrogens is 4. The zero-order chi connectivity index (χ0) is 34.9. The molecule has 0 aliphatic carbocycles. The maximum absolute atomic E-state index is 13.6. The Bertz CT molecular complexity index is 2010. The van der Waals surface area contributed by atoms with Crippen molar-refractivity contribution in [2.75, 3.05) is 36.5 Å². The van der Waals surface area contributed by atoms with Gasteiger partial charge in [0.2, 0.25) is 0 Å².